The van der Waals surface area contributed by atoms with E-state index in [0.29, 0.717) is 16.1 Å². The standard InChI is InChI=1S/C32H27Cl2N5O3S/c1-22-12-18-27(19-13-22)43(41,42)38(21-24-14-16-25(33)17-15-24)30-11-7-6-10-28(30)32(40)36-35-20-29-23(2)39(37-31(29)34)26-8-4-3-5-9-26/h3-20H,21H2,1-2H3,(H,36,40)/b35-20-. The van der Waals surface area contributed by atoms with Crippen molar-refractivity contribution in [2.45, 2.75) is 25.3 Å². The zero-order valence-electron chi connectivity index (χ0n) is 23.3. The van der Waals surface area contributed by atoms with Crippen LogP contribution < -0.4 is 9.73 Å². The fourth-order valence-corrected chi connectivity index (χ4v) is 6.30. The number of para-hydroxylation sites is 2. The lowest BCUT2D eigenvalue weighted by atomic mass is 10.1. The molecule has 1 heterocycles. The number of sulfonamides is 1. The maximum atomic E-state index is 14.0. The van der Waals surface area contributed by atoms with Gasteiger partial charge in [0.1, 0.15) is 0 Å². The van der Waals surface area contributed by atoms with Crippen molar-refractivity contribution in [3.05, 3.63) is 141 Å². The molecule has 0 saturated heterocycles. The zero-order chi connectivity index (χ0) is 30.6. The van der Waals surface area contributed by atoms with Crippen molar-refractivity contribution in [1.82, 2.24) is 15.2 Å². The highest BCUT2D eigenvalue weighted by atomic mass is 35.5. The quantitative estimate of drug-likeness (QED) is 0.140. The molecule has 218 valence electrons. The van der Waals surface area contributed by atoms with Gasteiger partial charge in [-0.25, -0.2) is 18.5 Å². The van der Waals surface area contributed by atoms with Crippen molar-refractivity contribution in [2.75, 3.05) is 4.31 Å². The van der Waals surface area contributed by atoms with Gasteiger partial charge in [-0.1, -0.05) is 83.4 Å². The molecule has 5 rings (SSSR count). The van der Waals surface area contributed by atoms with E-state index in [1.165, 1.54) is 10.5 Å². The Kier molecular flexibility index (Phi) is 8.96. The molecule has 5 aromatic rings. The lowest BCUT2D eigenvalue weighted by Crippen LogP contribution is -2.33. The van der Waals surface area contributed by atoms with Gasteiger partial charge in [0.25, 0.3) is 15.9 Å². The summed E-state index contributed by atoms with van der Waals surface area (Å²) in [6.45, 7) is 3.69. The molecule has 8 nitrogen and oxygen atoms in total. The molecule has 0 atom stereocenters. The summed E-state index contributed by atoms with van der Waals surface area (Å²) in [4.78, 5) is 13.5. The van der Waals surface area contributed by atoms with Crippen LogP contribution >= 0.6 is 23.2 Å². The van der Waals surface area contributed by atoms with Gasteiger partial charge in [-0.05, 0) is 67.9 Å². The molecule has 11 heteroatoms. The van der Waals surface area contributed by atoms with Crippen molar-refractivity contribution in [1.29, 1.82) is 0 Å². The van der Waals surface area contributed by atoms with Gasteiger partial charge in [0.2, 0.25) is 0 Å². The van der Waals surface area contributed by atoms with Crippen LogP contribution in [0.4, 0.5) is 5.69 Å². The maximum Gasteiger partial charge on any atom is 0.273 e. The number of aryl methyl sites for hydroxylation is 1. The fraction of sp³-hybridized carbons (Fsp3) is 0.0938. The first-order valence-electron chi connectivity index (χ1n) is 13.2. The Bertz CT molecular complexity index is 1890. The second-order valence-corrected chi connectivity index (χ2v) is 12.4. The number of hydrogen-bond acceptors (Lipinski definition) is 5. The van der Waals surface area contributed by atoms with Crippen LogP contribution in [0.25, 0.3) is 5.69 Å². The summed E-state index contributed by atoms with van der Waals surface area (Å²) in [5.41, 5.74) is 6.52. The van der Waals surface area contributed by atoms with Crippen molar-refractivity contribution in [3.63, 3.8) is 0 Å². The Labute approximate surface area is 260 Å². The molecule has 0 unspecified atom stereocenters. The SMILES string of the molecule is Cc1ccc(S(=O)(=O)N(Cc2ccc(Cl)cc2)c2ccccc2C(=O)N/N=C\c2c(Cl)nn(-c3ccccc3)c2C)cc1. The summed E-state index contributed by atoms with van der Waals surface area (Å²) >= 11 is 12.5. The van der Waals surface area contributed by atoms with E-state index in [1.807, 2.05) is 44.2 Å². The molecule has 1 amide bonds. The molecule has 0 saturated carbocycles. The minimum absolute atomic E-state index is 0.0333. The number of nitrogens with one attached hydrogen (secondary N) is 1. The molecular formula is C32H27Cl2N5O3S. The van der Waals surface area contributed by atoms with Crippen molar-refractivity contribution in [2.24, 2.45) is 5.10 Å². The highest BCUT2D eigenvalue weighted by molar-refractivity contribution is 7.92. The summed E-state index contributed by atoms with van der Waals surface area (Å²) in [7, 11) is -4.08. The van der Waals surface area contributed by atoms with Crippen LogP contribution in [-0.4, -0.2) is 30.3 Å². The lowest BCUT2D eigenvalue weighted by Gasteiger charge is -2.26. The minimum Gasteiger partial charge on any atom is -0.267 e. The van der Waals surface area contributed by atoms with E-state index in [1.54, 1.807) is 77.5 Å². The summed E-state index contributed by atoms with van der Waals surface area (Å²) in [6, 6.07) is 29.4. The molecular weight excluding hydrogens is 605 g/mol. The summed E-state index contributed by atoms with van der Waals surface area (Å²) < 4.78 is 30.9. The molecule has 0 radical (unpaired) electrons. The van der Waals surface area contributed by atoms with Gasteiger partial charge in [0, 0.05) is 5.02 Å². The normalized spacial score (nSPS) is 11.5. The summed E-state index contributed by atoms with van der Waals surface area (Å²) in [6.07, 6.45) is 1.42. The van der Waals surface area contributed by atoms with E-state index in [2.05, 4.69) is 15.6 Å². The van der Waals surface area contributed by atoms with Gasteiger partial charge in [0.05, 0.1) is 45.9 Å². The number of rotatable bonds is 9. The highest BCUT2D eigenvalue weighted by Gasteiger charge is 2.28. The number of nitrogens with zero attached hydrogens (tertiary/aromatic N) is 4. The predicted octanol–water partition coefficient (Wildman–Crippen LogP) is 6.96. The Morgan fingerprint density at radius 1 is 0.907 bits per heavy atom. The zero-order valence-corrected chi connectivity index (χ0v) is 25.6. The third kappa shape index (κ3) is 6.64. The van der Waals surface area contributed by atoms with Gasteiger partial charge in [-0.2, -0.15) is 10.2 Å². The molecule has 1 aromatic heterocycles. The van der Waals surface area contributed by atoms with Crippen LogP contribution in [0.5, 0.6) is 0 Å². The second-order valence-electron chi connectivity index (χ2n) is 9.70. The Morgan fingerprint density at radius 2 is 1.56 bits per heavy atom. The summed E-state index contributed by atoms with van der Waals surface area (Å²) in [5.74, 6) is -0.601. The number of hydrazone groups is 1. The molecule has 0 fully saturated rings. The van der Waals surface area contributed by atoms with E-state index < -0.39 is 15.9 Å². The molecule has 43 heavy (non-hydrogen) atoms. The molecule has 1 N–H and O–H groups in total. The molecule has 0 bridgehead atoms. The number of aromatic nitrogens is 2. The minimum atomic E-state index is -4.08. The van der Waals surface area contributed by atoms with E-state index >= 15 is 0 Å². The monoisotopic (exact) mass is 631 g/mol. The molecule has 4 aromatic carbocycles. The molecule has 0 spiro atoms. The first-order valence-corrected chi connectivity index (χ1v) is 15.4. The number of benzene rings is 4. The largest absolute Gasteiger partial charge is 0.273 e. The van der Waals surface area contributed by atoms with Crippen LogP contribution in [0, 0.1) is 13.8 Å². The van der Waals surface area contributed by atoms with Gasteiger partial charge in [-0.15, -0.1) is 0 Å². The number of anilines is 1. The third-order valence-corrected chi connectivity index (χ3v) is 9.05. The van der Waals surface area contributed by atoms with Crippen molar-refractivity contribution >= 4 is 51.0 Å². The molecule has 0 aliphatic carbocycles. The Balaban J connectivity index is 1.47. The van der Waals surface area contributed by atoms with Gasteiger partial charge in [0.15, 0.2) is 5.15 Å². The Morgan fingerprint density at radius 3 is 2.26 bits per heavy atom. The third-order valence-electron chi connectivity index (χ3n) is 6.74. The molecule has 0 aliphatic rings. The van der Waals surface area contributed by atoms with Crippen molar-refractivity contribution in [3.8, 4) is 5.69 Å². The highest BCUT2D eigenvalue weighted by Crippen LogP contribution is 2.30. The van der Waals surface area contributed by atoms with Crippen LogP contribution in [0.15, 0.2) is 113 Å². The van der Waals surface area contributed by atoms with Crippen LogP contribution in [-0.2, 0) is 16.6 Å². The number of carbonyl (C=O) groups excluding carboxylic acids is 1. The lowest BCUT2D eigenvalue weighted by molar-refractivity contribution is 0.0955. The van der Waals surface area contributed by atoms with Crippen molar-refractivity contribution < 1.29 is 13.2 Å². The van der Waals surface area contributed by atoms with Crippen LogP contribution in [0.1, 0.15) is 32.7 Å². The smallest absolute Gasteiger partial charge is 0.267 e. The maximum absolute atomic E-state index is 14.0. The fourth-order valence-electron chi connectivity index (χ4n) is 4.44. The summed E-state index contributed by atoms with van der Waals surface area (Å²) in [5, 5.41) is 9.25. The number of carbonyl (C=O) groups is 1. The first-order chi connectivity index (χ1) is 20.6. The van der Waals surface area contributed by atoms with E-state index in [4.69, 9.17) is 23.2 Å². The van der Waals surface area contributed by atoms with Gasteiger partial charge >= 0.3 is 0 Å². The topological polar surface area (TPSA) is 96.7 Å². The predicted molar refractivity (Wildman–Crippen MR) is 171 cm³/mol. The van der Waals surface area contributed by atoms with E-state index in [9.17, 15) is 13.2 Å². The molecule has 0 aliphatic heterocycles. The first kappa shape index (κ1) is 30.0. The number of amides is 1. The van der Waals surface area contributed by atoms with E-state index in [0.717, 1.165) is 16.9 Å². The van der Waals surface area contributed by atoms with Crippen LogP contribution in [0.2, 0.25) is 10.2 Å². The van der Waals surface area contributed by atoms with Gasteiger partial charge < -0.3 is 0 Å². The van der Waals surface area contributed by atoms with E-state index in [-0.39, 0.29) is 27.8 Å². The number of halogens is 2. The number of hydrogen-bond donors (Lipinski definition) is 1. The Hall–Kier alpha value is -4.44. The average Bonchev–Trinajstić information content (AvgIpc) is 3.30. The van der Waals surface area contributed by atoms with Crippen LogP contribution in [0.3, 0.4) is 0 Å². The second kappa shape index (κ2) is 12.8. The van der Waals surface area contributed by atoms with Gasteiger partial charge in [-0.3, -0.25) is 9.10 Å². The average molecular weight is 633 g/mol.